The molecule has 112 valence electrons. The number of halogens is 1. The smallest absolute Gasteiger partial charge is 0.323 e. The van der Waals surface area contributed by atoms with Gasteiger partial charge in [-0.05, 0) is 24.5 Å². The first-order valence-electron chi connectivity index (χ1n) is 6.85. The van der Waals surface area contributed by atoms with E-state index in [0.717, 1.165) is 10.0 Å². The molecule has 2 atom stereocenters. The van der Waals surface area contributed by atoms with E-state index < -0.39 is 23.5 Å². The number of carbonyl (C=O) groups is 2. The van der Waals surface area contributed by atoms with Gasteiger partial charge in [0.05, 0.1) is 6.61 Å². The lowest BCUT2D eigenvalue weighted by Crippen LogP contribution is -2.32. The van der Waals surface area contributed by atoms with E-state index in [1.54, 1.807) is 0 Å². The Morgan fingerprint density at radius 1 is 1.33 bits per heavy atom. The lowest BCUT2D eigenvalue weighted by Gasteiger charge is -2.22. The Bertz CT molecular complexity index is 581. The maximum atomic E-state index is 12.1. The fourth-order valence-electron chi connectivity index (χ4n) is 2.57. The number of benzene rings is 1. The minimum absolute atomic E-state index is 0.353. The minimum atomic E-state index is -1.32. The summed E-state index contributed by atoms with van der Waals surface area (Å²) in [5.41, 5.74) is -0.408. The zero-order chi connectivity index (χ0) is 15.0. The summed E-state index contributed by atoms with van der Waals surface area (Å²) in [5, 5.41) is 9.14. The summed E-state index contributed by atoms with van der Waals surface area (Å²) in [6.07, 6.45) is 0.498. The topological polar surface area (TPSA) is 72.8 Å². The normalized spacial score (nSPS) is 26.3. The van der Waals surface area contributed by atoms with Crippen LogP contribution in [0.4, 0.5) is 0 Å². The SMILES string of the molecule is O=C(O)C1(C(=O)O[C@H]2CCO[C@@H]2c2ccccc2Br)CC1. The van der Waals surface area contributed by atoms with Gasteiger partial charge in [0.25, 0.3) is 0 Å². The number of hydrogen-bond donors (Lipinski definition) is 1. The maximum Gasteiger partial charge on any atom is 0.323 e. The Hall–Kier alpha value is -1.40. The molecule has 1 heterocycles. The molecule has 1 saturated carbocycles. The zero-order valence-electron chi connectivity index (χ0n) is 11.3. The number of carboxylic acid groups (broad SMARTS) is 1. The van der Waals surface area contributed by atoms with Gasteiger partial charge in [-0.25, -0.2) is 0 Å². The van der Waals surface area contributed by atoms with Crippen LogP contribution in [-0.2, 0) is 19.1 Å². The highest BCUT2D eigenvalue weighted by Gasteiger charge is 2.59. The summed E-state index contributed by atoms with van der Waals surface area (Å²) >= 11 is 3.46. The first-order valence-corrected chi connectivity index (χ1v) is 7.64. The average Bonchev–Trinajstić information content (AvgIpc) is 3.16. The summed E-state index contributed by atoms with van der Waals surface area (Å²) in [7, 11) is 0. The molecule has 1 aliphatic heterocycles. The Labute approximate surface area is 130 Å². The molecule has 1 saturated heterocycles. The molecule has 21 heavy (non-hydrogen) atoms. The van der Waals surface area contributed by atoms with E-state index >= 15 is 0 Å². The van der Waals surface area contributed by atoms with Crippen LogP contribution >= 0.6 is 15.9 Å². The van der Waals surface area contributed by atoms with Gasteiger partial charge in [-0.2, -0.15) is 0 Å². The lowest BCUT2D eigenvalue weighted by molar-refractivity contribution is -0.166. The lowest BCUT2D eigenvalue weighted by atomic mass is 10.0. The molecule has 2 aliphatic rings. The Kier molecular flexibility index (Phi) is 3.75. The minimum Gasteiger partial charge on any atom is -0.480 e. The van der Waals surface area contributed by atoms with Gasteiger partial charge in [0.1, 0.15) is 12.2 Å². The molecule has 5 nitrogen and oxygen atoms in total. The van der Waals surface area contributed by atoms with Gasteiger partial charge >= 0.3 is 11.9 Å². The van der Waals surface area contributed by atoms with Gasteiger partial charge in [-0.1, -0.05) is 34.1 Å². The van der Waals surface area contributed by atoms with Crippen LogP contribution in [-0.4, -0.2) is 29.8 Å². The molecular formula is C15H15BrO5. The van der Waals surface area contributed by atoms with Crippen molar-refractivity contribution in [2.45, 2.75) is 31.5 Å². The fourth-order valence-corrected chi connectivity index (χ4v) is 3.08. The third-order valence-corrected chi connectivity index (χ3v) is 4.78. The molecule has 1 aromatic rings. The number of aliphatic carboxylic acids is 1. The summed E-state index contributed by atoms with van der Waals surface area (Å²) in [6.45, 7) is 0.490. The third kappa shape index (κ3) is 2.58. The first kappa shape index (κ1) is 14.5. The van der Waals surface area contributed by atoms with Crippen molar-refractivity contribution in [3.05, 3.63) is 34.3 Å². The predicted octanol–water partition coefficient (Wildman–Crippen LogP) is 2.69. The van der Waals surface area contributed by atoms with E-state index in [-0.39, 0.29) is 6.10 Å². The highest BCUT2D eigenvalue weighted by molar-refractivity contribution is 9.10. The van der Waals surface area contributed by atoms with Crippen LogP contribution in [0.15, 0.2) is 28.7 Å². The van der Waals surface area contributed by atoms with Crippen molar-refractivity contribution in [2.24, 2.45) is 5.41 Å². The van der Waals surface area contributed by atoms with Crippen LogP contribution in [0.5, 0.6) is 0 Å². The average molecular weight is 355 g/mol. The van der Waals surface area contributed by atoms with E-state index in [0.29, 0.717) is 25.9 Å². The highest BCUT2D eigenvalue weighted by atomic mass is 79.9. The van der Waals surface area contributed by atoms with Crippen LogP contribution in [0.3, 0.4) is 0 Å². The Morgan fingerprint density at radius 3 is 2.67 bits per heavy atom. The summed E-state index contributed by atoms with van der Waals surface area (Å²) < 4.78 is 12.0. The predicted molar refractivity (Wildman–Crippen MR) is 76.6 cm³/mol. The summed E-state index contributed by atoms with van der Waals surface area (Å²) in [4.78, 5) is 23.3. The van der Waals surface area contributed by atoms with Gasteiger partial charge in [-0.3, -0.25) is 9.59 Å². The van der Waals surface area contributed by atoms with Gasteiger partial charge in [0, 0.05) is 10.9 Å². The first-order chi connectivity index (χ1) is 10.0. The van der Waals surface area contributed by atoms with Crippen molar-refractivity contribution in [2.75, 3.05) is 6.61 Å². The summed E-state index contributed by atoms with van der Waals surface area (Å²) in [5.74, 6) is -1.73. The third-order valence-electron chi connectivity index (χ3n) is 4.06. The van der Waals surface area contributed by atoms with Crippen LogP contribution in [0, 0.1) is 5.41 Å². The molecule has 0 amide bonds. The van der Waals surface area contributed by atoms with Gasteiger partial charge in [0.2, 0.25) is 0 Å². The van der Waals surface area contributed by atoms with Crippen LogP contribution in [0.2, 0.25) is 0 Å². The number of carboxylic acids is 1. The van der Waals surface area contributed by atoms with E-state index in [2.05, 4.69) is 15.9 Å². The molecule has 6 heteroatoms. The van der Waals surface area contributed by atoms with Crippen LogP contribution in [0.25, 0.3) is 0 Å². The molecule has 0 radical (unpaired) electrons. The molecule has 2 fully saturated rings. The van der Waals surface area contributed by atoms with E-state index in [1.165, 1.54) is 0 Å². The van der Waals surface area contributed by atoms with Crippen molar-refractivity contribution < 1.29 is 24.2 Å². The van der Waals surface area contributed by atoms with E-state index in [1.807, 2.05) is 24.3 Å². The zero-order valence-corrected chi connectivity index (χ0v) is 12.8. The van der Waals surface area contributed by atoms with Gasteiger partial charge in [-0.15, -0.1) is 0 Å². The monoisotopic (exact) mass is 354 g/mol. The van der Waals surface area contributed by atoms with Gasteiger partial charge < -0.3 is 14.6 Å². The molecule has 1 aromatic carbocycles. The highest BCUT2D eigenvalue weighted by Crippen LogP contribution is 2.48. The van der Waals surface area contributed by atoms with Crippen molar-refractivity contribution in [3.63, 3.8) is 0 Å². The van der Waals surface area contributed by atoms with Crippen LogP contribution in [0.1, 0.15) is 30.9 Å². The Morgan fingerprint density at radius 2 is 2.05 bits per heavy atom. The molecule has 1 aliphatic carbocycles. The molecule has 0 unspecified atom stereocenters. The molecule has 1 N–H and O–H groups in total. The number of rotatable bonds is 4. The number of ether oxygens (including phenoxy) is 2. The van der Waals surface area contributed by atoms with Crippen molar-refractivity contribution >= 4 is 27.9 Å². The molecule has 0 bridgehead atoms. The van der Waals surface area contributed by atoms with Crippen molar-refractivity contribution in [1.29, 1.82) is 0 Å². The van der Waals surface area contributed by atoms with E-state index in [9.17, 15) is 9.59 Å². The number of esters is 1. The second-order valence-electron chi connectivity index (χ2n) is 5.43. The standard InChI is InChI=1S/C15H15BrO5/c16-10-4-2-1-3-9(10)12-11(5-8-20-12)21-14(19)15(6-7-15)13(17)18/h1-4,11-12H,5-8H2,(H,17,18)/t11-,12+/m0/s1. The fraction of sp³-hybridized carbons (Fsp3) is 0.467. The van der Waals surface area contributed by atoms with E-state index in [4.69, 9.17) is 14.6 Å². The largest absolute Gasteiger partial charge is 0.480 e. The van der Waals surface area contributed by atoms with Gasteiger partial charge in [0.15, 0.2) is 5.41 Å². The van der Waals surface area contributed by atoms with Crippen molar-refractivity contribution in [1.82, 2.24) is 0 Å². The van der Waals surface area contributed by atoms with Crippen LogP contribution < -0.4 is 0 Å². The second kappa shape index (κ2) is 5.42. The Balaban J connectivity index is 1.75. The molecule has 3 rings (SSSR count). The quantitative estimate of drug-likeness (QED) is 0.664. The number of carbonyl (C=O) groups excluding carboxylic acids is 1. The van der Waals surface area contributed by atoms with Crippen molar-refractivity contribution in [3.8, 4) is 0 Å². The molecule has 0 aromatic heterocycles. The number of hydrogen-bond acceptors (Lipinski definition) is 4. The second-order valence-corrected chi connectivity index (χ2v) is 6.29. The summed E-state index contributed by atoms with van der Waals surface area (Å²) in [6, 6.07) is 7.59. The maximum absolute atomic E-state index is 12.1. The molecular weight excluding hydrogens is 340 g/mol. The molecule has 0 spiro atoms.